The minimum atomic E-state index is -0.311. The van der Waals surface area contributed by atoms with Gasteiger partial charge in [0.2, 0.25) is 5.91 Å². The van der Waals surface area contributed by atoms with E-state index in [4.69, 9.17) is 0 Å². The Morgan fingerprint density at radius 3 is 2.08 bits per heavy atom. The Morgan fingerprint density at radius 1 is 0.921 bits per heavy atom. The number of para-hydroxylation sites is 1. The van der Waals surface area contributed by atoms with Crippen molar-refractivity contribution in [1.29, 1.82) is 0 Å². The third kappa shape index (κ3) is 7.67. The van der Waals surface area contributed by atoms with Crippen molar-refractivity contribution in [1.82, 2.24) is 9.80 Å². The number of carbonyl (C=O) groups excluding carboxylic acids is 2. The first kappa shape index (κ1) is 29.4. The van der Waals surface area contributed by atoms with Gasteiger partial charge in [0, 0.05) is 23.7 Å². The van der Waals surface area contributed by atoms with Crippen LogP contribution in [-0.4, -0.2) is 34.8 Å². The molecule has 204 valence electrons. The van der Waals surface area contributed by atoms with Crippen molar-refractivity contribution >= 4 is 29.0 Å². The SMILES string of the molecule is CCCN(CC(=O)N(Cc1ccc(F)cc1)Cc1sccc1C)C(=O)Nc1c(C(C)C)cccc1C(C)C. The Balaban J connectivity index is 1.84. The van der Waals surface area contributed by atoms with Crippen molar-refractivity contribution in [3.63, 3.8) is 0 Å². The Labute approximate surface area is 230 Å². The van der Waals surface area contributed by atoms with E-state index in [2.05, 4.69) is 45.1 Å². The van der Waals surface area contributed by atoms with Crippen LogP contribution in [0.3, 0.4) is 0 Å². The number of hydrogen-bond donors (Lipinski definition) is 1. The Kier molecular flexibility index (Phi) is 10.5. The number of aryl methyl sites for hydroxylation is 1. The average Bonchev–Trinajstić information content (AvgIpc) is 3.28. The summed E-state index contributed by atoms with van der Waals surface area (Å²) in [4.78, 5) is 31.7. The molecule has 1 heterocycles. The Bertz CT molecular complexity index is 1190. The standard InChI is InChI=1S/C31H40FN3O2S/c1-7-16-34(31(37)33-30-26(21(2)3)9-8-10-27(30)22(4)5)20-29(36)35(19-28-23(6)15-17-38-28)18-24-11-13-25(32)14-12-24/h8-15,17,21-22H,7,16,18-20H2,1-6H3,(H,33,37). The molecule has 1 aromatic heterocycles. The molecular weight excluding hydrogens is 497 g/mol. The fourth-order valence-corrected chi connectivity index (χ4v) is 5.37. The van der Waals surface area contributed by atoms with Crippen LogP contribution in [0.15, 0.2) is 53.9 Å². The van der Waals surface area contributed by atoms with E-state index in [0.717, 1.165) is 39.2 Å². The summed E-state index contributed by atoms with van der Waals surface area (Å²) >= 11 is 1.61. The van der Waals surface area contributed by atoms with Gasteiger partial charge >= 0.3 is 6.03 Å². The van der Waals surface area contributed by atoms with E-state index in [1.54, 1.807) is 33.3 Å². The normalized spacial score (nSPS) is 11.2. The predicted molar refractivity (Wildman–Crippen MR) is 155 cm³/mol. The van der Waals surface area contributed by atoms with E-state index in [1.165, 1.54) is 12.1 Å². The van der Waals surface area contributed by atoms with Gasteiger partial charge in [-0.3, -0.25) is 4.79 Å². The van der Waals surface area contributed by atoms with Gasteiger partial charge < -0.3 is 15.1 Å². The summed E-state index contributed by atoms with van der Waals surface area (Å²) in [6.45, 7) is 13.7. The maximum Gasteiger partial charge on any atom is 0.322 e. The van der Waals surface area contributed by atoms with Crippen molar-refractivity contribution in [3.8, 4) is 0 Å². The molecule has 0 aliphatic rings. The highest BCUT2D eigenvalue weighted by atomic mass is 32.1. The summed E-state index contributed by atoms with van der Waals surface area (Å²) in [5.74, 6) is 0.0249. The van der Waals surface area contributed by atoms with Crippen molar-refractivity contribution in [2.45, 2.75) is 72.9 Å². The summed E-state index contributed by atoms with van der Waals surface area (Å²) in [6, 6.07) is 14.1. The monoisotopic (exact) mass is 537 g/mol. The van der Waals surface area contributed by atoms with E-state index in [9.17, 15) is 14.0 Å². The van der Waals surface area contributed by atoms with Crippen LogP contribution in [-0.2, 0) is 17.9 Å². The molecule has 0 radical (unpaired) electrons. The van der Waals surface area contributed by atoms with Gasteiger partial charge in [0.05, 0.1) is 6.54 Å². The zero-order valence-corrected chi connectivity index (χ0v) is 24.2. The van der Waals surface area contributed by atoms with Crippen LogP contribution >= 0.6 is 11.3 Å². The second-order valence-electron chi connectivity index (χ2n) is 10.4. The zero-order valence-electron chi connectivity index (χ0n) is 23.4. The van der Waals surface area contributed by atoms with Crippen LogP contribution < -0.4 is 5.32 Å². The van der Waals surface area contributed by atoms with Crippen LogP contribution in [0.25, 0.3) is 0 Å². The number of rotatable bonds is 11. The molecular formula is C31H40FN3O2S. The molecule has 0 spiro atoms. The van der Waals surface area contributed by atoms with E-state index < -0.39 is 0 Å². The van der Waals surface area contributed by atoms with Crippen molar-refractivity contribution < 1.29 is 14.0 Å². The number of thiophene rings is 1. The molecule has 3 amide bonds. The quantitative estimate of drug-likeness (QED) is 0.270. The molecule has 3 aromatic rings. The first-order valence-corrected chi connectivity index (χ1v) is 14.2. The second kappa shape index (κ2) is 13.6. The lowest BCUT2D eigenvalue weighted by atomic mass is 9.93. The molecule has 0 unspecified atom stereocenters. The van der Waals surface area contributed by atoms with Crippen LogP contribution in [0.4, 0.5) is 14.9 Å². The molecule has 0 atom stereocenters. The maximum atomic E-state index is 13.7. The smallest absolute Gasteiger partial charge is 0.322 e. The molecule has 5 nitrogen and oxygen atoms in total. The Morgan fingerprint density at radius 2 is 1.55 bits per heavy atom. The van der Waals surface area contributed by atoms with Gasteiger partial charge in [-0.1, -0.05) is 65.0 Å². The first-order valence-electron chi connectivity index (χ1n) is 13.3. The number of anilines is 1. The van der Waals surface area contributed by atoms with Gasteiger partial charge in [-0.25, -0.2) is 9.18 Å². The van der Waals surface area contributed by atoms with Crippen molar-refractivity contribution in [2.75, 3.05) is 18.4 Å². The summed E-state index contributed by atoms with van der Waals surface area (Å²) in [6.07, 6.45) is 0.728. The average molecular weight is 538 g/mol. The van der Waals surface area contributed by atoms with Crippen LogP contribution in [0, 0.1) is 12.7 Å². The van der Waals surface area contributed by atoms with Crippen LogP contribution in [0.5, 0.6) is 0 Å². The summed E-state index contributed by atoms with van der Waals surface area (Å²) < 4.78 is 13.5. The lowest BCUT2D eigenvalue weighted by Gasteiger charge is -2.29. The molecule has 7 heteroatoms. The number of benzene rings is 2. The van der Waals surface area contributed by atoms with Gasteiger partial charge in [-0.2, -0.15) is 0 Å². The molecule has 0 fully saturated rings. The molecule has 0 aliphatic carbocycles. The minimum absolute atomic E-state index is 0.0356. The van der Waals surface area contributed by atoms with Crippen molar-refractivity contribution in [2.24, 2.45) is 0 Å². The third-order valence-corrected chi connectivity index (χ3v) is 7.66. The number of amides is 3. The number of nitrogens with one attached hydrogen (secondary N) is 1. The number of urea groups is 1. The molecule has 2 aromatic carbocycles. The molecule has 0 bridgehead atoms. The highest BCUT2D eigenvalue weighted by Gasteiger charge is 2.24. The topological polar surface area (TPSA) is 52.7 Å². The number of hydrogen-bond acceptors (Lipinski definition) is 3. The van der Waals surface area contributed by atoms with E-state index in [0.29, 0.717) is 19.6 Å². The summed E-state index contributed by atoms with van der Waals surface area (Å²) in [5.41, 5.74) is 4.97. The second-order valence-corrected chi connectivity index (χ2v) is 11.4. The lowest BCUT2D eigenvalue weighted by Crippen LogP contribution is -2.44. The number of halogens is 1. The molecule has 0 aliphatic heterocycles. The largest absolute Gasteiger partial charge is 0.332 e. The van der Waals surface area contributed by atoms with Gasteiger partial charge in [0.15, 0.2) is 0 Å². The molecule has 38 heavy (non-hydrogen) atoms. The Hall–Kier alpha value is -3.19. The molecule has 1 N–H and O–H groups in total. The van der Waals surface area contributed by atoms with Gasteiger partial charge in [-0.05, 0) is 71.0 Å². The fourth-order valence-electron chi connectivity index (χ4n) is 4.45. The lowest BCUT2D eigenvalue weighted by molar-refractivity contribution is -0.133. The van der Waals surface area contributed by atoms with Crippen molar-refractivity contribution in [3.05, 3.63) is 86.9 Å². The fraction of sp³-hybridized carbons (Fsp3) is 0.419. The summed E-state index contributed by atoms with van der Waals surface area (Å²) in [5, 5.41) is 5.17. The minimum Gasteiger partial charge on any atom is -0.332 e. The molecule has 0 saturated carbocycles. The van der Waals surface area contributed by atoms with Gasteiger partial charge in [-0.15, -0.1) is 11.3 Å². The zero-order chi connectivity index (χ0) is 27.8. The van der Waals surface area contributed by atoms with Gasteiger partial charge in [0.1, 0.15) is 12.4 Å². The van der Waals surface area contributed by atoms with E-state index in [1.807, 2.05) is 31.4 Å². The van der Waals surface area contributed by atoms with Crippen LogP contribution in [0.2, 0.25) is 0 Å². The highest BCUT2D eigenvalue weighted by molar-refractivity contribution is 7.10. The maximum absolute atomic E-state index is 13.7. The predicted octanol–water partition coefficient (Wildman–Crippen LogP) is 7.92. The highest BCUT2D eigenvalue weighted by Crippen LogP contribution is 2.32. The van der Waals surface area contributed by atoms with E-state index >= 15 is 0 Å². The van der Waals surface area contributed by atoms with E-state index in [-0.39, 0.29) is 36.1 Å². The first-order chi connectivity index (χ1) is 18.1. The number of nitrogens with zero attached hydrogens (tertiary/aromatic N) is 2. The number of carbonyl (C=O) groups is 2. The van der Waals surface area contributed by atoms with Gasteiger partial charge in [0.25, 0.3) is 0 Å². The molecule has 0 saturated heterocycles. The van der Waals surface area contributed by atoms with Crippen LogP contribution in [0.1, 0.15) is 80.0 Å². The third-order valence-electron chi connectivity index (χ3n) is 6.65. The summed E-state index contributed by atoms with van der Waals surface area (Å²) in [7, 11) is 0. The molecule has 3 rings (SSSR count).